The number of carbonyl (C=O) groups excluding carboxylic acids is 2. The highest BCUT2D eigenvalue weighted by atomic mass is 16.5. The van der Waals surface area contributed by atoms with Gasteiger partial charge in [0.25, 0.3) is 5.91 Å². The fraction of sp³-hybridized carbons (Fsp3) is 0.421. The average molecular weight is 343 g/mol. The van der Waals surface area contributed by atoms with E-state index >= 15 is 0 Å². The molecule has 0 bridgehead atoms. The molecule has 0 saturated heterocycles. The highest BCUT2D eigenvalue weighted by molar-refractivity contribution is 5.91. The summed E-state index contributed by atoms with van der Waals surface area (Å²) in [5, 5.41) is 4.22. The number of carbonyl (C=O) groups is 2. The Morgan fingerprint density at radius 3 is 2.16 bits per heavy atom. The first-order valence-electron chi connectivity index (χ1n) is 8.40. The second kappa shape index (κ2) is 7.96. The van der Waals surface area contributed by atoms with Gasteiger partial charge < -0.3 is 9.64 Å². The molecule has 1 heterocycles. The molecule has 0 aliphatic rings. The summed E-state index contributed by atoms with van der Waals surface area (Å²) in [6, 6.07) is 8.96. The van der Waals surface area contributed by atoms with Crippen molar-refractivity contribution in [3.8, 4) is 5.69 Å². The Balaban J connectivity index is 1.99. The van der Waals surface area contributed by atoms with E-state index < -0.39 is 5.97 Å². The first kappa shape index (κ1) is 18.7. The lowest BCUT2D eigenvalue weighted by molar-refractivity contribution is -0.138. The molecule has 2 rings (SSSR count). The number of benzene rings is 1. The summed E-state index contributed by atoms with van der Waals surface area (Å²) in [5.74, 6) is -0.702. The number of amides is 1. The zero-order valence-electron chi connectivity index (χ0n) is 15.4. The van der Waals surface area contributed by atoms with Crippen LogP contribution < -0.4 is 0 Å². The van der Waals surface area contributed by atoms with Crippen LogP contribution in [-0.4, -0.2) is 45.2 Å². The minimum atomic E-state index is -0.510. The summed E-state index contributed by atoms with van der Waals surface area (Å²) in [7, 11) is 0. The second-order valence-electron chi connectivity index (χ2n) is 6.50. The van der Waals surface area contributed by atoms with Gasteiger partial charge in [-0.3, -0.25) is 4.79 Å². The van der Waals surface area contributed by atoms with E-state index in [1.165, 1.54) is 0 Å². The molecule has 0 fully saturated rings. The Morgan fingerprint density at radius 2 is 1.68 bits per heavy atom. The number of esters is 1. The fourth-order valence-electron chi connectivity index (χ4n) is 2.84. The van der Waals surface area contributed by atoms with Crippen molar-refractivity contribution >= 4 is 11.9 Å². The van der Waals surface area contributed by atoms with Gasteiger partial charge in [-0.15, -0.1) is 0 Å². The largest absolute Gasteiger partial charge is 0.452 e. The highest BCUT2D eigenvalue weighted by Crippen LogP contribution is 2.12. The molecule has 0 radical (unpaired) electrons. The number of rotatable bonds is 6. The maximum atomic E-state index is 12.2. The van der Waals surface area contributed by atoms with Gasteiger partial charge in [0.15, 0.2) is 6.61 Å². The van der Waals surface area contributed by atoms with E-state index in [1.54, 1.807) is 40.0 Å². The maximum absolute atomic E-state index is 12.2. The van der Waals surface area contributed by atoms with Crippen molar-refractivity contribution in [1.29, 1.82) is 0 Å². The van der Waals surface area contributed by atoms with Gasteiger partial charge in [-0.25, -0.2) is 9.48 Å². The predicted octanol–water partition coefficient (Wildman–Crippen LogP) is 2.98. The van der Waals surface area contributed by atoms with E-state index in [9.17, 15) is 9.59 Å². The quantitative estimate of drug-likeness (QED) is 0.757. The summed E-state index contributed by atoms with van der Waals surface area (Å²) in [4.78, 5) is 26.1. The molecule has 2 aromatic rings. The van der Waals surface area contributed by atoms with Gasteiger partial charge >= 0.3 is 5.97 Å². The number of hydrogen-bond acceptors (Lipinski definition) is 4. The third-order valence-electron chi connectivity index (χ3n) is 3.91. The fourth-order valence-corrected chi connectivity index (χ4v) is 2.84. The highest BCUT2D eigenvalue weighted by Gasteiger charge is 2.21. The van der Waals surface area contributed by atoms with Gasteiger partial charge in [0.05, 0.1) is 11.3 Å². The summed E-state index contributed by atoms with van der Waals surface area (Å²) >= 11 is 0. The molecule has 25 heavy (non-hydrogen) atoms. The van der Waals surface area contributed by atoms with Gasteiger partial charge in [-0.1, -0.05) is 0 Å². The molecule has 1 amide bonds. The monoisotopic (exact) mass is 343 g/mol. The number of ether oxygens (including phenoxy) is 1. The maximum Gasteiger partial charge on any atom is 0.338 e. The third-order valence-corrected chi connectivity index (χ3v) is 3.91. The van der Waals surface area contributed by atoms with E-state index in [-0.39, 0.29) is 24.6 Å². The lowest BCUT2D eigenvalue weighted by Crippen LogP contribution is -2.44. The van der Waals surface area contributed by atoms with Crippen molar-refractivity contribution in [2.45, 2.75) is 46.7 Å². The minimum absolute atomic E-state index is 0.0581. The number of aromatic nitrogens is 2. The third kappa shape index (κ3) is 4.47. The summed E-state index contributed by atoms with van der Waals surface area (Å²) in [6.45, 7) is 9.46. The summed E-state index contributed by atoms with van der Waals surface area (Å²) < 4.78 is 6.95. The predicted molar refractivity (Wildman–Crippen MR) is 95.7 cm³/mol. The van der Waals surface area contributed by atoms with Gasteiger partial charge in [-0.05, 0) is 65.0 Å². The molecule has 134 valence electrons. The Labute approximate surface area is 148 Å². The Kier molecular flexibility index (Phi) is 5.96. The number of hydrogen-bond donors (Lipinski definition) is 0. The van der Waals surface area contributed by atoms with E-state index in [2.05, 4.69) is 5.10 Å². The first-order valence-corrected chi connectivity index (χ1v) is 8.40. The van der Waals surface area contributed by atoms with Crippen LogP contribution in [0.4, 0.5) is 0 Å². The normalized spacial score (nSPS) is 11.0. The van der Waals surface area contributed by atoms with Crippen LogP contribution in [0, 0.1) is 6.92 Å². The van der Waals surface area contributed by atoms with E-state index in [1.807, 2.05) is 40.7 Å². The molecule has 0 aliphatic carbocycles. The molecule has 0 aliphatic heterocycles. The van der Waals surface area contributed by atoms with E-state index in [0.717, 1.165) is 11.4 Å². The molecule has 0 unspecified atom stereocenters. The van der Waals surface area contributed by atoms with Crippen LogP contribution in [0.2, 0.25) is 0 Å². The van der Waals surface area contributed by atoms with Crippen molar-refractivity contribution in [1.82, 2.24) is 14.7 Å². The zero-order valence-corrected chi connectivity index (χ0v) is 15.4. The van der Waals surface area contributed by atoms with Crippen LogP contribution in [0.1, 0.15) is 43.7 Å². The van der Waals surface area contributed by atoms with Crippen molar-refractivity contribution in [2.24, 2.45) is 0 Å². The van der Waals surface area contributed by atoms with Crippen LogP contribution in [-0.2, 0) is 9.53 Å². The molecule has 1 aromatic carbocycles. The average Bonchev–Trinajstić information content (AvgIpc) is 2.98. The standard InChI is InChI=1S/C19H25N3O3/c1-13(2)21(14(3)4)18(23)12-25-19(24)16-6-8-17(9-7-16)22-15(5)10-11-20-22/h6-11,13-14H,12H2,1-5H3. The first-order chi connectivity index (χ1) is 11.8. The summed E-state index contributed by atoms with van der Waals surface area (Å²) in [6.07, 6.45) is 1.72. The van der Waals surface area contributed by atoms with Crippen molar-refractivity contribution < 1.29 is 14.3 Å². The topological polar surface area (TPSA) is 64.4 Å². The SMILES string of the molecule is Cc1ccnn1-c1ccc(C(=O)OCC(=O)N(C(C)C)C(C)C)cc1. The Morgan fingerprint density at radius 1 is 1.08 bits per heavy atom. The van der Waals surface area contributed by atoms with Gasteiger partial charge in [0.1, 0.15) is 0 Å². The Hall–Kier alpha value is -2.63. The van der Waals surface area contributed by atoms with Crippen molar-refractivity contribution in [2.75, 3.05) is 6.61 Å². The van der Waals surface area contributed by atoms with E-state index in [4.69, 9.17) is 4.74 Å². The molecule has 0 spiro atoms. The smallest absolute Gasteiger partial charge is 0.338 e. The van der Waals surface area contributed by atoms with Crippen LogP contribution >= 0.6 is 0 Å². The van der Waals surface area contributed by atoms with Crippen molar-refractivity contribution in [3.63, 3.8) is 0 Å². The Bertz CT molecular complexity index is 725. The lowest BCUT2D eigenvalue weighted by Gasteiger charge is -2.30. The number of nitrogens with zero attached hydrogens (tertiary/aromatic N) is 3. The van der Waals surface area contributed by atoms with Crippen molar-refractivity contribution in [3.05, 3.63) is 47.8 Å². The van der Waals surface area contributed by atoms with Gasteiger partial charge in [-0.2, -0.15) is 5.10 Å². The van der Waals surface area contributed by atoms with Gasteiger partial charge in [0.2, 0.25) is 0 Å². The van der Waals surface area contributed by atoms with Crippen LogP contribution in [0.5, 0.6) is 0 Å². The minimum Gasteiger partial charge on any atom is -0.452 e. The van der Waals surface area contributed by atoms with Crippen LogP contribution in [0.25, 0.3) is 5.69 Å². The lowest BCUT2D eigenvalue weighted by atomic mass is 10.2. The van der Waals surface area contributed by atoms with E-state index in [0.29, 0.717) is 5.56 Å². The molecule has 0 saturated carbocycles. The number of aryl methyl sites for hydroxylation is 1. The molecule has 1 aromatic heterocycles. The molecular formula is C19H25N3O3. The molecular weight excluding hydrogens is 318 g/mol. The van der Waals surface area contributed by atoms with Crippen LogP contribution in [0.15, 0.2) is 36.5 Å². The molecule has 6 heteroatoms. The summed E-state index contributed by atoms with van der Waals surface area (Å²) in [5.41, 5.74) is 2.27. The van der Waals surface area contributed by atoms with Crippen LogP contribution in [0.3, 0.4) is 0 Å². The van der Waals surface area contributed by atoms with Gasteiger partial charge in [0, 0.05) is 24.0 Å². The zero-order chi connectivity index (χ0) is 18.6. The molecule has 6 nitrogen and oxygen atoms in total. The second-order valence-corrected chi connectivity index (χ2v) is 6.50. The molecule has 0 N–H and O–H groups in total. The molecule has 0 atom stereocenters.